The average molecular weight is 278 g/mol. The first-order chi connectivity index (χ1) is 9.65. The van der Waals surface area contributed by atoms with Crippen LogP contribution in [0.1, 0.15) is 5.56 Å². The Morgan fingerprint density at radius 1 is 1.40 bits per heavy atom. The van der Waals surface area contributed by atoms with Gasteiger partial charge in [0, 0.05) is 57.9 Å². The van der Waals surface area contributed by atoms with Gasteiger partial charge in [0.25, 0.3) is 5.69 Å². The van der Waals surface area contributed by atoms with Gasteiger partial charge in [0.2, 0.25) is 0 Å². The minimum Gasteiger partial charge on any atom is -0.314 e. The fraction of sp³-hybridized carbons (Fsp3) is 0.571. The maximum atomic E-state index is 10.8. The molecule has 0 spiro atoms. The topological polar surface area (TPSA) is 61.6 Å². The molecule has 1 N–H and O–H groups in total. The fourth-order valence-electron chi connectivity index (χ4n) is 2.41. The molecule has 110 valence electrons. The van der Waals surface area contributed by atoms with E-state index in [4.69, 9.17) is 0 Å². The zero-order valence-corrected chi connectivity index (χ0v) is 11.9. The zero-order chi connectivity index (χ0) is 14.4. The normalized spacial score (nSPS) is 16.5. The molecule has 0 saturated carbocycles. The lowest BCUT2D eigenvalue weighted by Gasteiger charge is -2.29. The second-order valence-electron chi connectivity index (χ2n) is 5.26. The SMILES string of the molecule is CN(CCN1CCNCC1)Cc1cccc([N+](=O)[O-])c1. The zero-order valence-electron chi connectivity index (χ0n) is 11.9. The standard InChI is InChI=1S/C14H22N4O2/c1-16(9-10-17-7-5-15-6-8-17)12-13-3-2-4-14(11-13)18(19)20/h2-4,11,15H,5-10,12H2,1H3. The molecule has 1 aromatic carbocycles. The molecule has 0 aliphatic carbocycles. The van der Waals surface area contributed by atoms with Crippen LogP contribution in [0.25, 0.3) is 0 Å². The number of non-ortho nitro benzene ring substituents is 1. The number of nitro groups is 1. The number of hydrogen-bond acceptors (Lipinski definition) is 5. The Kier molecular flexibility index (Phi) is 5.46. The Morgan fingerprint density at radius 2 is 2.15 bits per heavy atom. The molecule has 1 aromatic rings. The van der Waals surface area contributed by atoms with E-state index in [2.05, 4.69) is 22.2 Å². The Balaban J connectivity index is 1.79. The molecule has 1 fully saturated rings. The van der Waals surface area contributed by atoms with Crippen molar-refractivity contribution in [3.8, 4) is 0 Å². The van der Waals surface area contributed by atoms with Crippen LogP contribution in [0.3, 0.4) is 0 Å². The van der Waals surface area contributed by atoms with Crippen molar-refractivity contribution in [3.63, 3.8) is 0 Å². The second kappa shape index (κ2) is 7.33. The van der Waals surface area contributed by atoms with Crippen molar-refractivity contribution in [1.82, 2.24) is 15.1 Å². The van der Waals surface area contributed by atoms with E-state index in [1.165, 1.54) is 6.07 Å². The summed E-state index contributed by atoms with van der Waals surface area (Å²) < 4.78 is 0. The molecule has 0 unspecified atom stereocenters. The van der Waals surface area contributed by atoms with E-state index in [9.17, 15) is 10.1 Å². The van der Waals surface area contributed by atoms with E-state index in [0.717, 1.165) is 51.4 Å². The van der Waals surface area contributed by atoms with E-state index >= 15 is 0 Å². The van der Waals surface area contributed by atoms with Crippen LogP contribution in [-0.4, -0.2) is 61.0 Å². The van der Waals surface area contributed by atoms with Crippen molar-refractivity contribution in [3.05, 3.63) is 39.9 Å². The number of piperazine rings is 1. The summed E-state index contributed by atoms with van der Waals surface area (Å²) in [5.74, 6) is 0. The highest BCUT2D eigenvalue weighted by Crippen LogP contribution is 2.14. The molecule has 1 heterocycles. The lowest BCUT2D eigenvalue weighted by atomic mass is 10.2. The van der Waals surface area contributed by atoms with E-state index in [1.54, 1.807) is 12.1 Å². The summed E-state index contributed by atoms with van der Waals surface area (Å²) in [4.78, 5) is 15.1. The number of likely N-dealkylation sites (N-methyl/N-ethyl adjacent to an activating group) is 1. The predicted octanol–water partition coefficient (Wildman–Crippen LogP) is 0.932. The van der Waals surface area contributed by atoms with Gasteiger partial charge in [-0.05, 0) is 12.6 Å². The van der Waals surface area contributed by atoms with Gasteiger partial charge in [0.1, 0.15) is 0 Å². The molecule has 0 amide bonds. The highest BCUT2D eigenvalue weighted by molar-refractivity contribution is 5.34. The molecule has 6 nitrogen and oxygen atoms in total. The number of nitrogens with zero attached hydrogens (tertiary/aromatic N) is 3. The molecule has 20 heavy (non-hydrogen) atoms. The van der Waals surface area contributed by atoms with Gasteiger partial charge in [-0.3, -0.25) is 15.0 Å². The summed E-state index contributed by atoms with van der Waals surface area (Å²) in [5, 5.41) is 14.1. The quantitative estimate of drug-likeness (QED) is 0.619. The van der Waals surface area contributed by atoms with Gasteiger partial charge in [-0.1, -0.05) is 12.1 Å². The molecule has 1 saturated heterocycles. The monoisotopic (exact) mass is 278 g/mol. The van der Waals surface area contributed by atoms with Crippen molar-refractivity contribution in [1.29, 1.82) is 0 Å². The Bertz CT molecular complexity index is 447. The number of hydrogen-bond donors (Lipinski definition) is 1. The van der Waals surface area contributed by atoms with Gasteiger partial charge in [0.15, 0.2) is 0 Å². The molecule has 1 aliphatic heterocycles. The van der Waals surface area contributed by atoms with E-state index in [1.807, 2.05) is 6.07 Å². The lowest BCUT2D eigenvalue weighted by molar-refractivity contribution is -0.384. The van der Waals surface area contributed by atoms with Crippen molar-refractivity contribution in [2.24, 2.45) is 0 Å². The molecule has 0 atom stereocenters. The van der Waals surface area contributed by atoms with Gasteiger partial charge in [-0.25, -0.2) is 0 Å². The minimum absolute atomic E-state index is 0.165. The molecule has 1 aliphatic rings. The Morgan fingerprint density at radius 3 is 2.85 bits per heavy atom. The Labute approximate surface area is 119 Å². The number of nitro benzene ring substituents is 1. The average Bonchev–Trinajstić information content (AvgIpc) is 2.46. The lowest BCUT2D eigenvalue weighted by Crippen LogP contribution is -2.45. The smallest absolute Gasteiger partial charge is 0.269 e. The van der Waals surface area contributed by atoms with Crippen LogP contribution < -0.4 is 5.32 Å². The summed E-state index contributed by atoms with van der Waals surface area (Å²) in [6.45, 7) is 7.10. The van der Waals surface area contributed by atoms with Crippen LogP contribution >= 0.6 is 0 Å². The summed E-state index contributed by atoms with van der Waals surface area (Å²) in [7, 11) is 2.06. The summed E-state index contributed by atoms with van der Waals surface area (Å²) in [6.07, 6.45) is 0. The van der Waals surface area contributed by atoms with Crippen LogP contribution in [0.4, 0.5) is 5.69 Å². The Hall–Kier alpha value is -1.50. The maximum Gasteiger partial charge on any atom is 0.269 e. The third-order valence-corrected chi connectivity index (χ3v) is 3.58. The number of nitrogens with one attached hydrogen (secondary N) is 1. The molecule has 2 rings (SSSR count). The number of benzene rings is 1. The fourth-order valence-corrected chi connectivity index (χ4v) is 2.41. The van der Waals surface area contributed by atoms with Crippen molar-refractivity contribution in [2.45, 2.75) is 6.54 Å². The van der Waals surface area contributed by atoms with Crippen LogP contribution in [0.15, 0.2) is 24.3 Å². The highest BCUT2D eigenvalue weighted by Gasteiger charge is 2.11. The predicted molar refractivity (Wildman–Crippen MR) is 78.7 cm³/mol. The molecule has 0 radical (unpaired) electrons. The van der Waals surface area contributed by atoms with Crippen LogP contribution in [-0.2, 0) is 6.54 Å². The molecule has 0 bridgehead atoms. The summed E-state index contributed by atoms with van der Waals surface area (Å²) >= 11 is 0. The van der Waals surface area contributed by atoms with Crippen molar-refractivity contribution < 1.29 is 4.92 Å². The molecular weight excluding hydrogens is 256 g/mol. The molecular formula is C14H22N4O2. The van der Waals surface area contributed by atoms with Crippen LogP contribution in [0.2, 0.25) is 0 Å². The van der Waals surface area contributed by atoms with E-state index < -0.39 is 0 Å². The highest BCUT2D eigenvalue weighted by atomic mass is 16.6. The van der Waals surface area contributed by atoms with E-state index in [-0.39, 0.29) is 10.6 Å². The summed E-state index contributed by atoms with van der Waals surface area (Å²) in [5.41, 5.74) is 1.15. The third kappa shape index (κ3) is 4.56. The van der Waals surface area contributed by atoms with Crippen LogP contribution in [0.5, 0.6) is 0 Å². The van der Waals surface area contributed by atoms with Gasteiger partial charge in [-0.15, -0.1) is 0 Å². The third-order valence-electron chi connectivity index (χ3n) is 3.58. The first-order valence-electron chi connectivity index (χ1n) is 7.00. The first kappa shape index (κ1) is 14.9. The van der Waals surface area contributed by atoms with Crippen LogP contribution in [0, 0.1) is 10.1 Å². The largest absolute Gasteiger partial charge is 0.314 e. The summed E-state index contributed by atoms with van der Waals surface area (Å²) in [6, 6.07) is 6.87. The first-order valence-corrected chi connectivity index (χ1v) is 7.00. The van der Waals surface area contributed by atoms with Crippen molar-refractivity contribution in [2.75, 3.05) is 46.3 Å². The van der Waals surface area contributed by atoms with E-state index in [0.29, 0.717) is 0 Å². The van der Waals surface area contributed by atoms with Gasteiger partial charge >= 0.3 is 0 Å². The van der Waals surface area contributed by atoms with Gasteiger partial charge < -0.3 is 10.2 Å². The van der Waals surface area contributed by atoms with Gasteiger partial charge in [0.05, 0.1) is 4.92 Å². The maximum absolute atomic E-state index is 10.8. The molecule has 6 heteroatoms. The minimum atomic E-state index is -0.343. The van der Waals surface area contributed by atoms with Gasteiger partial charge in [-0.2, -0.15) is 0 Å². The molecule has 0 aromatic heterocycles. The number of rotatable bonds is 6. The van der Waals surface area contributed by atoms with Crippen molar-refractivity contribution >= 4 is 5.69 Å². The second-order valence-corrected chi connectivity index (χ2v) is 5.26.